The first-order chi connectivity index (χ1) is 7.63. The van der Waals surface area contributed by atoms with E-state index in [9.17, 15) is 4.79 Å². The molecule has 0 aliphatic heterocycles. The lowest BCUT2D eigenvalue weighted by Crippen LogP contribution is -2.24. The van der Waals surface area contributed by atoms with Crippen LogP contribution in [0.3, 0.4) is 0 Å². The molecule has 0 fully saturated rings. The number of ether oxygens (including phenoxy) is 1. The van der Waals surface area contributed by atoms with Crippen LogP contribution in [0.2, 0.25) is 0 Å². The Hall–Kier alpha value is -1.97. The summed E-state index contributed by atoms with van der Waals surface area (Å²) >= 11 is 0. The Morgan fingerprint density at radius 3 is 2.62 bits per heavy atom. The third-order valence-electron chi connectivity index (χ3n) is 1.85. The Bertz CT molecular complexity index is 396. The fourth-order valence-electron chi connectivity index (χ4n) is 1.12. The van der Waals surface area contributed by atoms with Crippen molar-refractivity contribution in [3.05, 3.63) is 36.0 Å². The van der Waals surface area contributed by atoms with Crippen LogP contribution in [-0.4, -0.2) is 13.1 Å². The lowest BCUT2D eigenvalue weighted by molar-refractivity contribution is 0.255. The topological polar surface area (TPSA) is 50.4 Å². The second-order valence-corrected chi connectivity index (χ2v) is 3.52. The van der Waals surface area contributed by atoms with Gasteiger partial charge in [0.2, 0.25) is 0 Å². The molecule has 0 saturated carbocycles. The molecule has 0 spiro atoms. The Balaban J connectivity index is 2.66. The molecule has 0 saturated heterocycles. The molecule has 1 aromatic carbocycles. The first kappa shape index (κ1) is 12.1. The number of hydrogen-bond donors (Lipinski definition) is 2. The van der Waals surface area contributed by atoms with Crippen molar-refractivity contribution in [2.45, 2.75) is 13.8 Å². The van der Waals surface area contributed by atoms with E-state index in [1.165, 1.54) is 0 Å². The molecule has 1 rings (SSSR count). The summed E-state index contributed by atoms with van der Waals surface area (Å²) in [5.41, 5.74) is 1.67. The molecule has 0 aliphatic rings. The molecular weight excluding hydrogens is 204 g/mol. The molecule has 86 valence electrons. The van der Waals surface area contributed by atoms with Gasteiger partial charge in [-0.15, -0.1) is 0 Å². The van der Waals surface area contributed by atoms with Crippen LogP contribution in [0.1, 0.15) is 13.8 Å². The lowest BCUT2D eigenvalue weighted by Gasteiger charge is -2.09. The van der Waals surface area contributed by atoms with E-state index in [1.54, 1.807) is 25.4 Å². The van der Waals surface area contributed by atoms with Gasteiger partial charge in [0.05, 0.1) is 12.8 Å². The molecule has 2 N–H and O–H groups in total. The molecule has 0 heterocycles. The second kappa shape index (κ2) is 5.80. The fraction of sp³-hybridized carbons (Fsp3) is 0.250. The highest BCUT2D eigenvalue weighted by Gasteiger charge is 2.04. The number of para-hydroxylation sites is 2. The minimum absolute atomic E-state index is 0.286. The van der Waals surface area contributed by atoms with Crippen molar-refractivity contribution in [2.24, 2.45) is 0 Å². The zero-order valence-electron chi connectivity index (χ0n) is 9.70. The minimum atomic E-state index is -0.286. The predicted octanol–water partition coefficient (Wildman–Crippen LogP) is 2.74. The van der Waals surface area contributed by atoms with E-state index in [2.05, 4.69) is 10.6 Å². The van der Waals surface area contributed by atoms with Crippen molar-refractivity contribution >= 4 is 11.7 Å². The highest BCUT2D eigenvalue weighted by atomic mass is 16.5. The number of carbonyl (C=O) groups excluding carboxylic acids is 1. The standard InChI is InChI=1S/C12H16N2O2/c1-9(2)8-13-12(15)14-10-6-4-5-7-11(10)16-3/h4-8H,1-3H3,(H2,13,14,15). The molecule has 16 heavy (non-hydrogen) atoms. The minimum Gasteiger partial charge on any atom is -0.495 e. The Morgan fingerprint density at radius 2 is 2.00 bits per heavy atom. The molecule has 0 aromatic heterocycles. The zero-order chi connectivity index (χ0) is 12.0. The molecule has 4 heteroatoms. The summed E-state index contributed by atoms with van der Waals surface area (Å²) in [7, 11) is 1.56. The van der Waals surface area contributed by atoms with Crippen LogP contribution in [-0.2, 0) is 0 Å². The third-order valence-corrected chi connectivity index (χ3v) is 1.85. The van der Waals surface area contributed by atoms with E-state index in [0.29, 0.717) is 11.4 Å². The molecule has 4 nitrogen and oxygen atoms in total. The first-order valence-electron chi connectivity index (χ1n) is 4.97. The van der Waals surface area contributed by atoms with Crippen LogP contribution >= 0.6 is 0 Å². The van der Waals surface area contributed by atoms with Gasteiger partial charge in [-0.05, 0) is 26.0 Å². The van der Waals surface area contributed by atoms with Gasteiger partial charge in [-0.2, -0.15) is 0 Å². The maximum Gasteiger partial charge on any atom is 0.323 e. The highest BCUT2D eigenvalue weighted by Crippen LogP contribution is 2.22. The van der Waals surface area contributed by atoms with Gasteiger partial charge in [0.1, 0.15) is 5.75 Å². The average Bonchev–Trinajstić information content (AvgIpc) is 2.27. The highest BCUT2D eigenvalue weighted by molar-refractivity contribution is 5.91. The molecule has 0 atom stereocenters. The number of anilines is 1. The Morgan fingerprint density at radius 1 is 1.31 bits per heavy atom. The average molecular weight is 220 g/mol. The second-order valence-electron chi connectivity index (χ2n) is 3.52. The van der Waals surface area contributed by atoms with Crippen LogP contribution in [0.25, 0.3) is 0 Å². The van der Waals surface area contributed by atoms with Crippen LogP contribution in [0.5, 0.6) is 5.75 Å². The molecule has 1 aromatic rings. The summed E-state index contributed by atoms with van der Waals surface area (Å²) in [5, 5.41) is 5.31. The number of nitrogens with one attached hydrogen (secondary N) is 2. The summed E-state index contributed by atoms with van der Waals surface area (Å²) in [6.07, 6.45) is 1.64. The van der Waals surface area contributed by atoms with E-state index in [4.69, 9.17) is 4.74 Å². The quantitative estimate of drug-likeness (QED) is 0.822. The zero-order valence-corrected chi connectivity index (χ0v) is 9.70. The molecule has 0 radical (unpaired) electrons. The van der Waals surface area contributed by atoms with Crippen LogP contribution in [0.15, 0.2) is 36.0 Å². The predicted molar refractivity (Wildman–Crippen MR) is 64.6 cm³/mol. The van der Waals surface area contributed by atoms with Crippen molar-refractivity contribution in [2.75, 3.05) is 12.4 Å². The number of allylic oxidation sites excluding steroid dienone is 1. The van der Waals surface area contributed by atoms with Crippen molar-refractivity contribution < 1.29 is 9.53 Å². The fourth-order valence-corrected chi connectivity index (χ4v) is 1.12. The largest absolute Gasteiger partial charge is 0.495 e. The molecule has 2 amide bonds. The Labute approximate surface area is 95.3 Å². The van der Waals surface area contributed by atoms with Crippen molar-refractivity contribution in [3.63, 3.8) is 0 Å². The van der Waals surface area contributed by atoms with Gasteiger partial charge in [0, 0.05) is 6.20 Å². The lowest BCUT2D eigenvalue weighted by atomic mass is 10.3. The summed E-state index contributed by atoms with van der Waals surface area (Å²) in [4.78, 5) is 11.5. The maximum absolute atomic E-state index is 11.5. The van der Waals surface area contributed by atoms with Crippen LogP contribution in [0.4, 0.5) is 10.5 Å². The van der Waals surface area contributed by atoms with Gasteiger partial charge in [0.15, 0.2) is 0 Å². The summed E-state index contributed by atoms with van der Waals surface area (Å²) < 4.78 is 5.11. The van der Waals surface area contributed by atoms with Crippen molar-refractivity contribution in [1.29, 1.82) is 0 Å². The maximum atomic E-state index is 11.5. The number of hydrogen-bond acceptors (Lipinski definition) is 2. The monoisotopic (exact) mass is 220 g/mol. The van der Waals surface area contributed by atoms with E-state index in [0.717, 1.165) is 5.57 Å². The summed E-state index contributed by atoms with van der Waals surface area (Å²) in [5.74, 6) is 0.634. The van der Waals surface area contributed by atoms with E-state index in [1.807, 2.05) is 26.0 Å². The van der Waals surface area contributed by atoms with Crippen LogP contribution in [0, 0.1) is 0 Å². The van der Waals surface area contributed by atoms with E-state index < -0.39 is 0 Å². The third kappa shape index (κ3) is 3.65. The number of carbonyl (C=O) groups is 1. The smallest absolute Gasteiger partial charge is 0.323 e. The molecule has 0 aliphatic carbocycles. The van der Waals surface area contributed by atoms with Gasteiger partial charge in [0.25, 0.3) is 0 Å². The summed E-state index contributed by atoms with van der Waals surface area (Å²) in [6, 6.07) is 6.96. The number of rotatable bonds is 3. The van der Waals surface area contributed by atoms with Gasteiger partial charge in [-0.3, -0.25) is 0 Å². The van der Waals surface area contributed by atoms with Crippen molar-refractivity contribution in [3.8, 4) is 5.75 Å². The Kier molecular flexibility index (Phi) is 4.39. The number of benzene rings is 1. The first-order valence-corrected chi connectivity index (χ1v) is 4.97. The van der Waals surface area contributed by atoms with Gasteiger partial charge in [-0.1, -0.05) is 17.7 Å². The summed E-state index contributed by atoms with van der Waals surface area (Å²) in [6.45, 7) is 3.81. The number of amides is 2. The molecule has 0 unspecified atom stereocenters. The van der Waals surface area contributed by atoms with Crippen molar-refractivity contribution in [1.82, 2.24) is 5.32 Å². The normalized spacial score (nSPS) is 9.19. The SMILES string of the molecule is COc1ccccc1NC(=O)NC=C(C)C. The molecular formula is C12H16N2O2. The number of methoxy groups -OCH3 is 1. The van der Waals surface area contributed by atoms with Gasteiger partial charge < -0.3 is 15.4 Å². The number of urea groups is 1. The van der Waals surface area contributed by atoms with Gasteiger partial charge in [-0.25, -0.2) is 4.79 Å². The molecule has 0 bridgehead atoms. The van der Waals surface area contributed by atoms with E-state index in [-0.39, 0.29) is 6.03 Å². The van der Waals surface area contributed by atoms with Crippen LogP contribution < -0.4 is 15.4 Å². The van der Waals surface area contributed by atoms with E-state index >= 15 is 0 Å². The van der Waals surface area contributed by atoms with Gasteiger partial charge >= 0.3 is 6.03 Å².